The lowest BCUT2D eigenvalue weighted by molar-refractivity contribution is 0.0204. The van der Waals surface area contributed by atoms with Crippen molar-refractivity contribution in [1.29, 1.82) is 0 Å². The zero-order valence-electron chi connectivity index (χ0n) is 42.7. The van der Waals surface area contributed by atoms with Crippen LogP contribution in [0.5, 0.6) is 23.0 Å². The molecule has 340 valence electrons. The number of hydrogen-bond acceptors (Lipinski definition) is 6. The molecule has 6 nitrogen and oxygen atoms in total. The highest BCUT2D eigenvalue weighted by molar-refractivity contribution is 7.43. The molecule has 0 unspecified atom stereocenters. The Hall–Kier alpha value is -4.02. The third-order valence-electron chi connectivity index (χ3n) is 11.4. The number of ether oxygens (including phenoxy) is 2. The Labute approximate surface area is 377 Å². The minimum atomic E-state index is -2.16. The summed E-state index contributed by atoms with van der Waals surface area (Å²) in [5.74, 6) is 2.88. The van der Waals surface area contributed by atoms with Gasteiger partial charge in [0.25, 0.3) is 0 Å². The van der Waals surface area contributed by atoms with Crippen LogP contribution in [-0.4, -0.2) is 11.8 Å². The van der Waals surface area contributed by atoms with Crippen LogP contribution in [0, 0.1) is 27.7 Å². The molecule has 0 aliphatic carbocycles. The molecule has 0 aromatic heterocycles. The zero-order valence-corrected chi connectivity index (χ0v) is 43.6. The van der Waals surface area contributed by atoms with Gasteiger partial charge in [-0.1, -0.05) is 135 Å². The second-order valence-corrected chi connectivity index (χ2v) is 24.1. The van der Waals surface area contributed by atoms with Gasteiger partial charge in [0.1, 0.15) is 28.6 Å². The fourth-order valence-electron chi connectivity index (χ4n) is 7.18. The molecule has 0 fully saturated rings. The Kier molecular flexibility index (Phi) is 14.9. The molecule has 0 saturated heterocycles. The maximum Gasteiger partial charge on any atom is 0.530 e. The van der Waals surface area contributed by atoms with E-state index in [4.69, 9.17) is 23.0 Å². The second-order valence-electron chi connectivity index (χ2n) is 23.1. The molecule has 0 aliphatic rings. The Morgan fingerprint density at radius 2 is 0.823 bits per heavy atom. The smallest absolute Gasteiger partial charge is 0.428 e. The van der Waals surface area contributed by atoms with Gasteiger partial charge in [0, 0.05) is 22.3 Å². The SMILES string of the molecule is Cc1cc(OP(Oc2cc(C)c(C)cc2C(C)C)Oc2c(-c3cc(C(C)(C)C)cc(C(C)(C)C)c3OC(=O)OC(C)(C)C)cc(C(C)(C)C)cc2C(C)(C)C)c(C(C)C)cc1C. The highest BCUT2D eigenvalue weighted by Crippen LogP contribution is 2.54. The van der Waals surface area contributed by atoms with Crippen molar-refractivity contribution in [2.24, 2.45) is 0 Å². The molecule has 0 aliphatic heterocycles. The van der Waals surface area contributed by atoms with E-state index in [2.05, 4.69) is 187 Å². The third kappa shape index (κ3) is 12.4. The molecule has 0 spiro atoms. The summed E-state index contributed by atoms with van der Waals surface area (Å²) in [7, 11) is -2.16. The molecule has 0 bridgehead atoms. The highest BCUT2D eigenvalue weighted by Gasteiger charge is 2.36. The lowest BCUT2D eigenvalue weighted by Gasteiger charge is -2.33. The average Bonchev–Trinajstić information content (AvgIpc) is 3.08. The maximum atomic E-state index is 13.9. The molecule has 4 rings (SSSR count). The van der Waals surface area contributed by atoms with Gasteiger partial charge in [-0.2, -0.15) is 0 Å². The van der Waals surface area contributed by atoms with E-state index in [1.165, 1.54) is 11.1 Å². The topological polar surface area (TPSA) is 63.2 Å². The van der Waals surface area contributed by atoms with Gasteiger partial charge in [-0.05, 0) is 151 Å². The predicted octanol–water partition coefficient (Wildman–Crippen LogP) is 17.1. The molecular weight excluding hydrogens is 788 g/mol. The molecular formula is C55H79O6P. The molecule has 62 heavy (non-hydrogen) atoms. The number of hydrogen-bond donors (Lipinski definition) is 0. The molecule has 4 aromatic carbocycles. The fourth-order valence-corrected chi connectivity index (χ4v) is 8.27. The Balaban J connectivity index is 2.24. The van der Waals surface area contributed by atoms with Crippen LogP contribution in [0.1, 0.15) is 199 Å². The molecule has 0 amide bonds. The van der Waals surface area contributed by atoms with Gasteiger partial charge in [-0.3, -0.25) is 0 Å². The van der Waals surface area contributed by atoms with Crippen LogP contribution in [0.3, 0.4) is 0 Å². The number of benzene rings is 4. The Morgan fingerprint density at radius 1 is 0.468 bits per heavy atom. The van der Waals surface area contributed by atoms with E-state index in [1.807, 2.05) is 20.8 Å². The fraction of sp³-hybridized carbons (Fsp3) is 0.545. The van der Waals surface area contributed by atoms with Crippen molar-refractivity contribution in [1.82, 2.24) is 0 Å². The van der Waals surface area contributed by atoms with Crippen LogP contribution in [0.15, 0.2) is 48.5 Å². The zero-order chi connectivity index (χ0) is 47.2. The van der Waals surface area contributed by atoms with Crippen molar-refractivity contribution in [2.45, 2.75) is 198 Å². The van der Waals surface area contributed by atoms with E-state index in [0.29, 0.717) is 11.5 Å². The van der Waals surface area contributed by atoms with Gasteiger partial charge in [0.15, 0.2) is 0 Å². The molecule has 0 atom stereocenters. The minimum Gasteiger partial charge on any atom is -0.428 e. The quantitative estimate of drug-likeness (QED) is 0.0899. The average molecular weight is 867 g/mol. The lowest BCUT2D eigenvalue weighted by Crippen LogP contribution is -2.27. The predicted molar refractivity (Wildman–Crippen MR) is 262 cm³/mol. The first kappa shape index (κ1) is 50.6. The van der Waals surface area contributed by atoms with Gasteiger partial charge < -0.3 is 23.0 Å². The van der Waals surface area contributed by atoms with E-state index >= 15 is 0 Å². The van der Waals surface area contributed by atoms with Crippen LogP contribution in [-0.2, 0) is 26.4 Å². The monoisotopic (exact) mass is 867 g/mol. The van der Waals surface area contributed by atoms with E-state index in [9.17, 15) is 4.79 Å². The van der Waals surface area contributed by atoms with Crippen molar-refractivity contribution in [3.05, 3.63) is 104 Å². The van der Waals surface area contributed by atoms with E-state index in [0.717, 1.165) is 67.1 Å². The molecule has 0 heterocycles. The molecule has 4 aromatic rings. The standard InChI is InChI=1S/C55H79O6P/c1-32(2)40-24-34(5)36(7)26-46(40)59-62(60-47-27-37(8)35(6)25-41(47)33(3)4)61-49-43(29-39(52(12,13)14)31-45(49)54(18,19)20)42-28-38(51(9,10)11)30-44(53(15,16)17)48(42)57-50(56)58-55(21,22)23/h24-33H,1-23H3. The Morgan fingerprint density at radius 3 is 1.16 bits per heavy atom. The van der Waals surface area contributed by atoms with Gasteiger partial charge in [0.2, 0.25) is 0 Å². The molecule has 0 radical (unpaired) electrons. The van der Waals surface area contributed by atoms with Crippen LogP contribution < -0.4 is 18.3 Å². The summed E-state index contributed by atoms with van der Waals surface area (Å²) in [6, 6.07) is 17.5. The normalized spacial score (nSPS) is 12.9. The summed E-state index contributed by atoms with van der Waals surface area (Å²) in [5, 5.41) is 0. The summed E-state index contributed by atoms with van der Waals surface area (Å²) in [4.78, 5) is 13.9. The van der Waals surface area contributed by atoms with E-state index < -0.39 is 31.2 Å². The van der Waals surface area contributed by atoms with Gasteiger partial charge in [-0.15, -0.1) is 0 Å². The minimum absolute atomic E-state index is 0.185. The summed E-state index contributed by atoms with van der Waals surface area (Å²) in [6.07, 6.45) is -0.765. The largest absolute Gasteiger partial charge is 0.530 e. The summed E-state index contributed by atoms with van der Waals surface area (Å²) in [6.45, 7) is 49.2. The molecule has 0 N–H and O–H groups in total. The lowest BCUT2D eigenvalue weighted by atomic mass is 9.75. The Bertz CT molecular complexity index is 2200. The first-order chi connectivity index (χ1) is 28.1. The van der Waals surface area contributed by atoms with Crippen LogP contribution in [0.25, 0.3) is 11.1 Å². The van der Waals surface area contributed by atoms with Crippen molar-refractivity contribution in [3.63, 3.8) is 0 Å². The highest BCUT2D eigenvalue weighted by atomic mass is 31.2. The van der Waals surface area contributed by atoms with Gasteiger partial charge in [0.05, 0.1) is 0 Å². The summed E-state index contributed by atoms with van der Waals surface area (Å²) in [5.41, 5.74) is 10.3. The van der Waals surface area contributed by atoms with Crippen molar-refractivity contribution in [2.75, 3.05) is 0 Å². The first-order valence-corrected chi connectivity index (χ1v) is 23.5. The van der Waals surface area contributed by atoms with Crippen LogP contribution in [0.4, 0.5) is 4.79 Å². The molecule has 7 heteroatoms. The van der Waals surface area contributed by atoms with E-state index in [-0.39, 0.29) is 22.7 Å². The number of carbonyl (C=O) groups excluding carboxylic acids is 1. The second kappa shape index (κ2) is 18.2. The van der Waals surface area contributed by atoms with Crippen molar-refractivity contribution < 1.29 is 27.8 Å². The van der Waals surface area contributed by atoms with Gasteiger partial charge in [-0.25, -0.2) is 4.79 Å². The number of carbonyl (C=O) groups is 1. The molecule has 0 saturated carbocycles. The van der Waals surface area contributed by atoms with Crippen molar-refractivity contribution >= 4 is 14.8 Å². The third-order valence-corrected chi connectivity index (χ3v) is 12.4. The van der Waals surface area contributed by atoms with Crippen LogP contribution in [0.2, 0.25) is 0 Å². The van der Waals surface area contributed by atoms with Crippen molar-refractivity contribution in [3.8, 4) is 34.1 Å². The summed E-state index contributed by atoms with van der Waals surface area (Å²) >= 11 is 0. The number of aryl methyl sites for hydroxylation is 4. The van der Waals surface area contributed by atoms with Crippen LogP contribution >= 0.6 is 8.60 Å². The maximum absolute atomic E-state index is 13.9. The number of rotatable bonds is 10. The summed E-state index contributed by atoms with van der Waals surface area (Å²) < 4.78 is 34.1. The first-order valence-electron chi connectivity index (χ1n) is 22.4. The van der Waals surface area contributed by atoms with Gasteiger partial charge >= 0.3 is 14.8 Å². The van der Waals surface area contributed by atoms with E-state index in [1.54, 1.807) is 0 Å².